The molecule has 3 rings (SSSR count). The van der Waals surface area contributed by atoms with Crippen molar-refractivity contribution in [3.63, 3.8) is 0 Å². The third-order valence-electron chi connectivity index (χ3n) is 3.31. The van der Waals surface area contributed by atoms with Crippen LogP contribution in [0.25, 0.3) is 0 Å². The van der Waals surface area contributed by atoms with Gasteiger partial charge in [0.05, 0.1) is 0 Å². The van der Waals surface area contributed by atoms with E-state index in [9.17, 15) is 9.90 Å². The first kappa shape index (κ1) is 12.4. The van der Waals surface area contributed by atoms with Gasteiger partial charge < -0.3 is 10.4 Å². The van der Waals surface area contributed by atoms with Gasteiger partial charge in [0.25, 0.3) is 0 Å². The van der Waals surface area contributed by atoms with E-state index in [0.717, 1.165) is 11.1 Å². The Labute approximate surface area is 115 Å². The van der Waals surface area contributed by atoms with Gasteiger partial charge in [-0.1, -0.05) is 24.3 Å². The Hall–Kier alpha value is -2.63. The molecule has 0 saturated heterocycles. The van der Waals surface area contributed by atoms with Crippen LogP contribution in [0.4, 0.5) is 5.95 Å². The molecule has 0 amide bonds. The van der Waals surface area contributed by atoms with Gasteiger partial charge in [-0.3, -0.25) is 0 Å². The zero-order valence-corrected chi connectivity index (χ0v) is 11.2. The Morgan fingerprint density at radius 1 is 1.35 bits per heavy atom. The molecule has 1 unspecified atom stereocenters. The normalized spacial score (nSPS) is 17.1. The summed E-state index contributed by atoms with van der Waals surface area (Å²) < 4.78 is 1.71. The molecular weight excluding hydrogens is 256 g/mol. The number of fused-ring (bicyclic) bond motifs is 1. The number of benzene rings is 1. The Morgan fingerprint density at radius 2 is 2.10 bits per heavy atom. The Balaban J connectivity index is 2.17. The average Bonchev–Trinajstić information content (AvgIpc) is 2.78. The fraction of sp³-hybridized carbons (Fsp3) is 0.214. The molecule has 20 heavy (non-hydrogen) atoms. The van der Waals surface area contributed by atoms with E-state index in [2.05, 4.69) is 15.4 Å². The number of allylic oxidation sites excluding steroid dienone is 1. The highest BCUT2D eigenvalue weighted by atomic mass is 16.4. The van der Waals surface area contributed by atoms with Gasteiger partial charge in [-0.25, -0.2) is 9.48 Å². The number of carbonyl (C=O) groups is 1. The summed E-state index contributed by atoms with van der Waals surface area (Å²) in [4.78, 5) is 15.5. The predicted molar refractivity (Wildman–Crippen MR) is 73.4 cm³/mol. The molecule has 0 bridgehead atoms. The van der Waals surface area contributed by atoms with E-state index in [1.807, 2.05) is 31.2 Å². The number of carboxylic acid groups (broad SMARTS) is 1. The van der Waals surface area contributed by atoms with Crippen molar-refractivity contribution in [3.05, 3.63) is 53.0 Å². The molecule has 0 spiro atoms. The highest BCUT2D eigenvalue weighted by Gasteiger charge is 2.27. The molecule has 0 radical (unpaired) electrons. The lowest BCUT2D eigenvalue weighted by Crippen LogP contribution is -2.24. The van der Waals surface area contributed by atoms with Crippen molar-refractivity contribution in [1.29, 1.82) is 0 Å². The Morgan fingerprint density at radius 3 is 2.80 bits per heavy atom. The molecule has 2 heterocycles. The smallest absolute Gasteiger partial charge is 0.352 e. The third kappa shape index (κ3) is 1.95. The summed E-state index contributed by atoms with van der Waals surface area (Å²) in [5.41, 5.74) is 2.22. The van der Waals surface area contributed by atoms with Crippen LogP contribution in [-0.4, -0.2) is 25.8 Å². The maximum Gasteiger partial charge on any atom is 0.352 e. The van der Waals surface area contributed by atoms with Crippen LogP contribution >= 0.6 is 0 Å². The van der Waals surface area contributed by atoms with Gasteiger partial charge in [0.2, 0.25) is 5.95 Å². The lowest BCUT2D eigenvalue weighted by Gasteiger charge is -2.23. The first-order valence-electron chi connectivity index (χ1n) is 6.27. The zero-order chi connectivity index (χ0) is 14.3. The summed E-state index contributed by atoms with van der Waals surface area (Å²) in [7, 11) is 0. The highest BCUT2D eigenvalue weighted by molar-refractivity contribution is 5.90. The van der Waals surface area contributed by atoms with E-state index < -0.39 is 5.97 Å². The van der Waals surface area contributed by atoms with Crippen LogP contribution in [0.2, 0.25) is 0 Å². The summed E-state index contributed by atoms with van der Waals surface area (Å²) in [6.07, 6.45) is 1.66. The minimum absolute atomic E-state index is 0.123. The highest BCUT2D eigenvalue weighted by Crippen LogP contribution is 2.30. The summed E-state index contributed by atoms with van der Waals surface area (Å²) in [5.74, 6) is 0.0530. The van der Waals surface area contributed by atoms with Gasteiger partial charge >= 0.3 is 5.97 Å². The molecule has 6 nitrogen and oxygen atoms in total. The largest absolute Gasteiger partial charge is 0.477 e. The SMILES string of the molecule is Cc1nc2n(n1)C(c1ccccc1C)C=C(C(=O)O)N2. The van der Waals surface area contributed by atoms with Crippen LogP contribution in [0, 0.1) is 13.8 Å². The van der Waals surface area contributed by atoms with E-state index in [1.165, 1.54) is 0 Å². The molecule has 1 aromatic carbocycles. The molecule has 0 saturated carbocycles. The summed E-state index contributed by atoms with van der Waals surface area (Å²) >= 11 is 0. The van der Waals surface area contributed by atoms with Crippen molar-refractivity contribution in [3.8, 4) is 0 Å². The van der Waals surface area contributed by atoms with Gasteiger partial charge in [0.15, 0.2) is 0 Å². The number of nitrogens with zero attached hydrogens (tertiary/aromatic N) is 3. The van der Waals surface area contributed by atoms with E-state index in [-0.39, 0.29) is 11.7 Å². The number of hydrogen-bond acceptors (Lipinski definition) is 4. The van der Waals surface area contributed by atoms with E-state index in [1.54, 1.807) is 17.7 Å². The molecule has 6 heteroatoms. The number of anilines is 1. The van der Waals surface area contributed by atoms with E-state index in [4.69, 9.17) is 0 Å². The van der Waals surface area contributed by atoms with Crippen molar-refractivity contribution in [2.24, 2.45) is 0 Å². The fourth-order valence-corrected chi connectivity index (χ4v) is 2.36. The maximum absolute atomic E-state index is 11.2. The molecule has 1 aliphatic rings. The lowest BCUT2D eigenvalue weighted by molar-refractivity contribution is -0.132. The second-order valence-corrected chi connectivity index (χ2v) is 4.74. The first-order valence-corrected chi connectivity index (χ1v) is 6.27. The van der Waals surface area contributed by atoms with Crippen LogP contribution in [0.15, 0.2) is 36.0 Å². The van der Waals surface area contributed by atoms with Crippen LogP contribution in [-0.2, 0) is 4.79 Å². The maximum atomic E-state index is 11.2. The van der Waals surface area contributed by atoms with Gasteiger partial charge in [-0.2, -0.15) is 10.1 Å². The quantitative estimate of drug-likeness (QED) is 0.871. The van der Waals surface area contributed by atoms with Crippen LogP contribution < -0.4 is 5.32 Å². The Bertz CT molecular complexity index is 718. The van der Waals surface area contributed by atoms with Gasteiger partial charge in [0.1, 0.15) is 17.6 Å². The monoisotopic (exact) mass is 270 g/mol. The number of nitrogens with one attached hydrogen (secondary N) is 1. The summed E-state index contributed by atoms with van der Waals surface area (Å²) in [5, 5.41) is 16.4. The second kappa shape index (κ2) is 4.48. The van der Waals surface area contributed by atoms with Crippen molar-refractivity contribution < 1.29 is 9.90 Å². The molecule has 1 aliphatic heterocycles. The van der Waals surface area contributed by atoms with Crippen molar-refractivity contribution in [2.45, 2.75) is 19.9 Å². The second-order valence-electron chi connectivity index (χ2n) is 4.74. The summed E-state index contributed by atoms with van der Waals surface area (Å²) in [6.45, 7) is 3.78. The van der Waals surface area contributed by atoms with Crippen molar-refractivity contribution in [2.75, 3.05) is 5.32 Å². The van der Waals surface area contributed by atoms with Gasteiger partial charge in [0, 0.05) is 0 Å². The molecule has 102 valence electrons. The number of aliphatic carboxylic acids is 1. The molecule has 0 fully saturated rings. The van der Waals surface area contributed by atoms with Gasteiger partial charge in [-0.05, 0) is 31.1 Å². The van der Waals surface area contributed by atoms with Crippen LogP contribution in [0.5, 0.6) is 0 Å². The van der Waals surface area contributed by atoms with Crippen LogP contribution in [0.1, 0.15) is 23.0 Å². The topological polar surface area (TPSA) is 80.0 Å². The molecule has 2 N–H and O–H groups in total. The van der Waals surface area contributed by atoms with Crippen LogP contribution in [0.3, 0.4) is 0 Å². The zero-order valence-electron chi connectivity index (χ0n) is 11.2. The minimum Gasteiger partial charge on any atom is -0.477 e. The first-order chi connectivity index (χ1) is 9.56. The standard InChI is InChI=1S/C14H14N4O2/c1-8-5-3-4-6-10(8)12-7-11(13(19)20)16-14-15-9(2)17-18(12)14/h3-7,12H,1-2H3,(H,19,20)(H,15,16,17). The van der Waals surface area contributed by atoms with E-state index >= 15 is 0 Å². The van der Waals surface area contributed by atoms with Gasteiger partial charge in [-0.15, -0.1) is 0 Å². The number of carboxylic acids is 1. The van der Waals surface area contributed by atoms with E-state index in [0.29, 0.717) is 11.8 Å². The molecule has 0 aliphatic carbocycles. The fourth-order valence-electron chi connectivity index (χ4n) is 2.36. The Kier molecular flexibility index (Phi) is 2.78. The third-order valence-corrected chi connectivity index (χ3v) is 3.31. The molecule has 2 aromatic rings. The summed E-state index contributed by atoms with van der Waals surface area (Å²) in [6, 6.07) is 7.59. The number of aromatic nitrogens is 3. The molecular formula is C14H14N4O2. The van der Waals surface area contributed by atoms with Crippen molar-refractivity contribution >= 4 is 11.9 Å². The molecule has 1 atom stereocenters. The lowest BCUT2D eigenvalue weighted by atomic mass is 9.99. The number of aryl methyl sites for hydroxylation is 2. The average molecular weight is 270 g/mol. The number of rotatable bonds is 2. The number of hydrogen-bond donors (Lipinski definition) is 2. The molecule has 1 aromatic heterocycles. The minimum atomic E-state index is -1.00. The van der Waals surface area contributed by atoms with Crippen molar-refractivity contribution in [1.82, 2.24) is 14.8 Å². The predicted octanol–water partition coefficient (Wildman–Crippen LogP) is 1.88.